The van der Waals surface area contributed by atoms with Crippen LogP contribution in [0.5, 0.6) is 11.5 Å². The lowest BCUT2D eigenvalue weighted by Gasteiger charge is -2.13. The number of hydrogen-bond donors (Lipinski definition) is 2. The number of carbonyl (C=O) groups is 3. The van der Waals surface area contributed by atoms with Crippen LogP contribution >= 0.6 is 23.2 Å². The highest BCUT2D eigenvalue weighted by atomic mass is 35.5. The molecule has 0 bridgehead atoms. The molecule has 9 heteroatoms. The highest BCUT2D eigenvalue weighted by molar-refractivity contribution is 6.37. The fraction of sp³-hybridized carbons (Fsp3) is 0.286. The van der Waals surface area contributed by atoms with Gasteiger partial charge < -0.3 is 20.1 Å². The van der Waals surface area contributed by atoms with Gasteiger partial charge in [-0.05, 0) is 42.0 Å². The van der Waals surface area contributed by atoms with Gasteiger partial charge in [-0.15, -0.1) is 0 Å². The molecule has 2 aromatic rings. The first-order chi connectivity index (χ1) is 14.2. The maximum atomic E-state index is 11.9. The van der Waals surface area contributed by atoms with Crippen LogP contribution in [0, 0.1) is 5.92 Å². The van der Waals surface area contributed by atoms with Gasteiger partial charge in [-0.25, -0.2) is 0 Å². The number of ether oxygens (including phenoxy) is 2. The standard InChI is InChI=1S/C21H22Cl2N2O5/c1-12(2)21(28)25-14-4-6-15(7-5-14)30-20-16(22)8-13(9-17(20)23)10-18(26)24-11-19(27)29-3/h4-9,12H,10-11H2,1-3H3,(H,24,26)(H,25,28). The Morgan fingerprint density at radius 1 is 1.03 bits per heavy atom. The summed E-state index contributed by atoms with van der Waals surface area (Å²) in [5, 5.41) is 5.69. The molecule has 0 atom stereocenters. The zero-order valence-corrected chi connectivity index (χ0v) is 18.3. The third-order valence-electron chi connectivity index (χ3n) is 3.95. The number of halogens is 2. The molecule has 7 nitrogen and oxygen atoms in total. The summed E-state index contributed by atoms with van der Waals surface area (Å²) < 4.78 is 10.2. The Hall–Kier alpha value is -2.77. The van der Waals surface area contributed by atoms with E-state index >= 15 is 0 Å². The molecule has 2 rings (SSSR count). The normalized spacial score (nSPS) is 10.5. The summed E-state index contributed by atoms with van der Waals surface area (Å²) in [4.78, 5) is 34.7. The average molecular weight is 453 g/mol. The number of carbonyl (C=O) groups excluding carboxylic acids is 3. The zero-order valence-electron chi connectivity index (χ0n) is 16.8. The minimum Gasteiger partial charge on any atom is -0.468 e. The van der Waals surface area contributed by atoms with Crippen molar-refractivity contribution in [3.63, 3.8) is 0 Å². The minimum atomic E-state index is -0.544. The maximum Gasteiger partial charge on any atom is 0.325 e. The van der Waals surface area contributed by atoms with E-state index in [0.717, 1.165) is 0 Å². The molecule has 0 radical (unpaired) electrons. The van der Waals surface area contributed by atoms with E-state index in [9.17, 15) is 14.4 Å². The Morgan fingerprint density at radius 3 is 2.17 bits per heavy atom. The summed E-state index contributed by atoms with van der Waals surface area (Å²) in [6, 6.07) is 9.90. The van der Waals surface area contributed by atoms with Gasteiger partial charge >= 0.3 is 5.97 Å². The van der Waals surface area contributed by atoms with E-state index in [4.69, 9.17) is 27.9 Å². The fourth-order valence-corrected chi connectivity index (χ4v) is 2.92. The lowest BCUT2D eigenvalue weighted by molar-refractivity contribution is -0.141. The highest BCUT2D eigenvalue weighted by Gasteiger charge is 2.14. The van der Waals surface area contributed by atoms with Crippen LogP contribution in [-0.2, 0) is 25.5 Å². The van der Waals surface area contributed by atoms with Crippen molar-refractivity contribution in [2.75, 3.05) is 19.0 Å². The van der Waals surface area contributed by atoms with Crippen LogP contribution in [0.15, 0.2) is 36.4 Å². The number of benzene rings is 2. The van der Waals surface area contributed by atoms with Gasteiger partial charge in [-0.3, -0.25) is 14.4 Å². The molecule has 0 spiro atoms. The van der Waals surface area contributed by atoms with Crippen LogP contribution in [0.25, 0.3) is 0 Å². The molecule has 30 heavy (non-hydrogen) atoms. The van der Waals surface area contributed by atoms with Crippen molar-refractivity contribution in [1.29, 1.82) is 0 Å². The summed E-state index contributed by atoms with van der Waals surface area (Å²) in [7, 11) is 1.24. The molecule has 0 saturated heterocycles. The third-order valence-corrected chi connectivity index (χ3v) is 4.51. The molecule has 0 fully saturated rings. The van der Waals surface area contributed by atoms with Crippen molar-refractivity contribution in [2.24, 2.45) is 5.92 Å². The van der Waals surface area contributed by atoms with Crippen molar-refractivity contribution in [2.45, 2.75) is 20.3 Å². The van der Waals surface area contributed by atoms with Gasteiger partial charge in [0.1, 0.15) is 12.3 Å². The molecule has 160 valence electrons. The molecular weight excluding hydrogens is 431 g/mol. The van der Waals surface area contributed by atoms with Crippen LogP contribution in [0.4, 0.5) is 5.69 Å². The highest BCUT2D eigenvalue weighted by Crippen LogP contribution is 2.37. The number of anilines is 1. The van der Waals surface area contributed by atoms with Gasteiger partial charge in [-0.2, -0.15) is 0 Å². The van der Waals surface area contributed by atoms with E-state index in [-0.39, 0.29) is 46.5 Å². The van der Waals surface area contributed by atoms with Crippen LogP contribution in [0.3, 0.4) is 0 Å². The number of methoxy groups -OCH3 is 1. The third kappa shape index (κ3) is 6.93. The number of amides is 2. The summed E-state index contributed by atoms with van der Waals surface area (Å²) in [6.07, 6.45) is -0.0129. The number of hydrogen-bond acceptors (Lipinski definition) is 5. The van der Waals surface area contributed by atoms with E-state index in [1.807, 2.05) is 13.8 Å². The second-order valence-electron chi connectivity index (χ2n) is 6.69. The number of nitrogens with one attached hydrogen (secondary N) is 2. The van der Waals surface area contributed by atoms with E-state index in [0.29, 0.717) is 17.0 Å². The SMILES string of the molecule is COC(=O)CNC(=O)Cc1cc(Cl)c(Oc2ccc(NC(=O)C(C)C)cc2)c(Cl)c1. The Bertz CT molecular complexity index is 906. The largest absolute Gasteiger partial charge is 0.468 e. The Balaban J connectivity index is 2.04. The smallest absolute Gasteiger partial charge is 0.325 e. The minimum absolute atomic E-state index is 0.0129. The monoisotopic (exact) mass is 452 g/mol. The van der Waals surface area contributed by atoms with E-state index < -0.39 is 5.97 Å². The predicted molar refractivity (Wildman–Crippen MR) is 115 cm³/mol. The molecule has 0 saturated carbocycles. The molecule has 0 aliphatic rings. The first kappa shape index (κ1) is 23.5. The Kier molecular flexibility index (Phi) is 8.50. The molecule has 0 aliphatic heterocycles. The molecule has 2 aromatic carbocycles. The van der Waals surface area contributed by atoms with Crippen LogP contribution < -0.4 is 15.4 Å². The van der Waals surface area contributed by atoms with Gasteiger partial charge in [-0.1, -0.05) is 37.0 Å². The fourth-order valence-electron chi connectivity index (χ4n) is 2.31. The van der Waals surface area contributed by atoms with Crippen molar-refractivity contribution < 1.29 is 23.9 Å². The van der Waals surface area contributed by atoms with Gasteiger partial charge in [0.2, 0.25) is 11.8 Å². The Labute approximate surface area is 184 Å². The Morgan fingerprint density at radius 2 is 1.63 bits per heavy atom. The topological polar surface area (TPSA) is 93.7 Å². The maximum absolute atomic E-state index is 11.9. The van der Waals surface area contributed by atoms with E-state index in [1.165, 1.54) is 7.11 Å². The van der Waals surface area contributed by atoms with Gasteiger partial charge in [0, 0.05) is 11.6 Å². The molecule has 0 unspecified atom stereocenters. The number of esters is 1. The summed E-state index contributed by atoms with van der Waals surface area (Å²) in [6.45, 7) is 3.40. The van der Waals surface area contributed by atoms with Crippen molar-refractivity contribution in [3.8, 4) is 11.5 Å². The van der Waals surface area contributed by atoms with Gasteiger partial charge in [0.25, 0.3) is 0 Å². The summed E-state index contributed by atoms with van der Waals surface area (Å²) in [5.74, 6) is -0.403. The van der Waals surface area contributed by atoms with E-state index in [1.54, 1.807) is 36.4 Å². The quantitative estimate of drug-likeness (QED) is 0.584. The predicted octanol–water partition coefficient (Wildman–Crippen LogP) is 4.21. The van der Waals surface area contributed by atoms with Gasteiger partial charge in [0.15, 0.2) is 5.75 Å². The number of rotatable bonds is 8. The van der Waals surface area contributed by atoms with Gasteiger partial charge in [0.05, 0.1) is 23.6 Å². The summed E-state index contributed by atoms with van der Waals surface area (Å²) in [5.41, 5.74) is 1.21. The second kappa shape index (κ2) is 10.8. The molecule has 0 aromatic heterocycles. The molecular formula is C21H22Cl2N2O5. The first-order valence-electron chi connectivity index (χ1n) is 9.09. The average Bonchev–Trinajstić information content (AvgIpc) is 2.70. The zero-order chi connectivity index (χ0) is 22.3. The van der Waals surface area contributed by atoms with Crippen molar-refractivity contribution >= 4 is 46.7 Å². The van der Waals surface area contributed by atoms with E-state index in [2.05, 4.69) is 15.4 Å². The van der Waals surface area contributed by atoms with Crippen LogP contribution in [0.2, 0.25) is 10.0 Å². The molecule has 0 heterocycles. The van der Waals surface area contributed by atoms with Crippen LogP contribution in [0.1, 0.15) is 19.4 Å². The van der Waals surface area contributed by atoms with Crippen molar-refractivity contribution in [1.82, 2.24) is 5.32 Å². The first-order valence-corrected chi connectivity index (χ1v) is 9.85. The van der Waals surface area contributed by atoms with Crippen LogP contribution in [-0.4, -0.2) is 31.4 Å². The lowest BCUT2D eigenvalue weighted by atomic mass is 10.1. The van der Waals surface area contributed by atoms with Crippen molar-refractivity contribution in [3.05, 3.63) is 52.0 Å². The second-order valence-corrected chi connectivity index (χ2v) is 7.50. The lowest BCUT2D eigenvalue weighted by Crippen LogP contribution is -2.31. The molecule has 2 N–H and O–H groups in total. The molecule has 0 aliphatic carbocycles. The molecule has 2 amide bonds. The summed E-state index contributed by atoms with van der Waals surface area (Å²) >= 11 is 12.6.